The molecule has 0 aromatic heterocycles. The third-order valence-electron chi connectivity index (χ3n) is 2.46. The molecule has 1 atom stereocenters. The number of anilines is 1. The zero-order chi connectivity index (χ0) is 16.0. The first-order valence-corrected chi connectivity index (χ1v) is 7.94. The zero-order valence-corrected chi connectivity index (χ0v) is 13.3. The maximum Gasteiger partial charge on any atom is 0.326 e. The fourth-order valence-corrected chi connectivity index (χ4v) is 2.49. The van der Waals surface area contributed by atoms with Gasteiger partial charge in [-0.05, 0) is 30.6 Å². The lowest BCUT2D eigenvalue weighted by Crippen LogP contribution is -2.43. The second-order valence-corrected chi connectivity index (χ2v) is 5.82. The van der Waals surface area contributed by atoms with Crippen LogP contribution in [0.5, 0.6) is 0 Å². The molecule has 9 heteroatoms. The van der Waals surface area contributed by atoms with Gasteiger partial charge in [-0.25, -0.2) is 14.0 Å². The van der Waals surface area contributed by atoms with Crippen LogP contribution >= 0.6 is 35.0 Å². The maximum atomic E-state index is 13.0. The summed E-state index contributed by atoms with van der Waals surface area (Å²) in [6.07, 6.45) is 2.10. The summed E-state index contributed by atoms with van der Waals surface area (Å²) in [5.41, 5.74) is 0.0197. The summed E-state index contributed by atoms with van der Waals surface area (Å²) in [5.74, 6) is -1.20. The highest BCUT2D eigenvalue weighted by molar-refractivity contribution is 7.98. The fraction of sp³-hybridized carbons (Fsp3) is 0.333. The number of aliphatic carboxylic acids is 1. The molecule has 0 bridgehead atoms. The van der Waals surface area contributed by atoms with Crippen molar-refractivity contribution >= 4 is 52.7 Å². The van der Waals surface area contributed by atoms with Gasteiger partial charge in [0.1, 0.15) is 11.9 Å². The summed E-state index contributed by atoms with van der Waals surface area (Å²) in [7, 11) is 0. The van der Waals surface area contributed by atoms with Crippen molar-refractivity contribution in [1.29, 1.82) is 0 Å². The van der Waals surface area contributed by atoms with Gasteiger partial charge < -0.3 is 15.7 Å². The molecule has 1 rings (SSSR count). The average Bonchev–Trinajstić information content (AvgIpc) is 2.38. The van der Waals surface area contributed by atoms with E-state index in [4.69, 9.17) is 28.3 Å². The van der Waals surface area contributed by atoms with Crippen molar-refractivity contribution in [1.82, 2.24) is 5.32 Å². The van der Waals surface area contributed by atoms with Crippen molar-refractivity contribution < 1.29 is 19.1 Å². The van der Waals surface area contributed by atoms with E-state index in [1.54, 1.807) is 0 Å². The molecule has 0 spiro atoms. The van der Waals surface area contributed by atoms with Crippen molar-refractivity contribution in [2.75, 3.05) is 17.3 Å². The van der Waals surface area contributed by atoms with Crippen molar-refractivity contribution in [3.05, 3.63) is 28.0 Å². The third-order valence-corrected chi connectivity index (χ3v) is 3.70. The topological polar surface area (TPSA) is 78.4 Å². The van der Waals surface area contributed by atoms with Crippen LogP contribution in [0.1, 0.15) is 6.42 Å². The Morgan fingerprint density at radius 2 is 1.95 bits per heavy atom. The van der Waals surface area contributed by atoms with E-state index in [-0.39, 0.29) is 22.2 Å². The Kier molecular flexibility index (Phi) is 7.07. The Morgan fingerprint density at radius 1 is 1.38 bits per heavy atom. The van der Waals surface area contributed by atoms with E-state index in [2.05, 4.69) is 10.6 Å². The number of hydrogen-bond acceptors (Lipinski definition) is 3. The summed E-state index contributed by atoms with van der Waals surface area (Å²) < 4.78 is 13.0. The monoisotopic (exact) mass is 354 g/mol. The smallest absolute Gasteiger partial charge is 0.326 e. The molecule has 0 saturated heterocycles. The van der Waals surface area contributed by atoms with Gasteiger partial charge in [-0.1, -0.05) is 23.2 Å². The summed E-state index contributed by atoms with van der Waals surface area (Å²) >= 11 is 13.0. The van der Waals surface area contributed by atoms with Gasteiger partial charge in [0.25, 0.3) is 0 Å². The second kappa shape index (κ2) is 8.31. The number of urea groups is 1. The average molecular weight is 355 g/mol. The fourth-order valence-electron chi connectivity index (χ4n) is 1.46. The van der Waals surface area contributed by atoms with Crippen molar-refractivity contribution in [2.45, 2.75) is 12.5 Å². The molecular formula is C12H13Cl2FN2O3S. The SMILES string of the molecule is CSCC[C@H](NC(=O)Nc1c(Cl)cc(F)cc1Cl)C(=O)O. The lowest BCUT2D eigenvalue weighted by Gasteiger charge is -2.15. The number of amides is 2. The molecule has 0 unspecified atom stereocenters. The molecular weight excluding hydrogens is 342 g/mol. The molecule has 0 saturated carbocycles. The van der Waals surface area contributed by atoms with Crippen molar-refractivity contribution in [3.8, 4) is 0 Å². The molecule has 0 fully saturated rings. The minimum absolute atomic E-state index is 0.0197. The van der Waals surface area contributed by atoms with E-state index >= 15 is 0 Å². The molecule has 0 heterocycles. The molecule has 5 nitrogen and oxygen atoms in total. The molecule has 0 radical (unpaired) electrons. The number of carbonyl (C=O) groups is 2. The number of carboxylic acid groups (broad SMARTS) is 1. The summed E-state index contributed by atoms with van der Waals surface area (Å²) in [4.78, 5) is 22.8. The first kappa shape index (κ1) is 17.9. The quantitative estimate of drug-likeness (QED) is 0.730. The van der Waals surface area contributed by atoms with Gasteiger partial charge in [-0.3, -0.25) is 0 Å². The van der Waals surface area contributed by atoms with E-state index in [1.807, 2.05) is 6.26 Å². The van der Waals surface area contributed by atoms with Gasteiger partial charge >= 0.3 is 12.0 Å². The highest BCUT2D eigenvalue weighted by Crippen LogP contribution is 2.31. The Labute approximate surface area is 135 Å². The predicted octanol–water partition coefficient (Wildman–Crippen LogP) is 3.46. The molecule has 0 aliphatic carbocycles. The van der Waals surface area contributed by atoms with E-state index in [9.17, 15) is 14.0 Å². The van der Waals surface area contributed by atoms with Crippen LogP contribution in [0.25, 0.3) is 0 Å². The third kappa shape index (κ3) is 5.61. The Hall–Kier alpha value is -1.18. The number of nitrogens with one attached hydrogen (secondary N) is 2. The maximum absolute atomic E-state index is 13.0. The molecule has 3 N–H and O–H groups in total. The minimum atomic E-state index is -1.14. The first-order valence-electron chi connectivity index (χ1n) is 5.79. The van der Waals surface area contributed by atoms with Crippen LogP contribution in [0.3, 0.4) is 0 Å². The van der Waals surface area contributed by atoms with Crippen LogP contribution in [0.15, 0.2) is 12.1 Å². The van der Waals surface area contributed by atoms with Gasteiger partial charge in [0.2, 0.25) is 0 Å². The Bertz CT molecular complexity index is 522. The Balaban J connectivity index is 2.74. The highest BCUT2D eigenvalue weighted by Gasteiger charge is 2.20. The highest BCUT2D eigenvalue weighted by atomic mass is 35.5. The molecule has 1 aromatic carbocycles. The first-order chi connectivity index (χ1) is 9.85. The van der Waals surface area contributed by atoms with Crippen molar-refractivity contribution in [2.24, 2.45) is 0 Å². The second-order valence-electron chi connectivity index (χ2n) is 4.02. The summed E-state index contributed by atoms with van der Waals surface area (Å²) in [6.45, 7) is 0. The van der Waals surface area contributed by atoms with Crippen LogP contribution < -0.4 is 10.6 Å². The van der Waals surface area contributed by atoms with E-state index in [0.717, 1.165) is 12.1 Å². The molecule has 116 valence electrons. The number of thioether (sulfide) groups is 1. The van der Waals surface area contributed by atoms with Crippen LogP contribution in [0.2, 0.25) is 10.0 Å². The van der Waals surface area contributed by atoms with Crippen LogP contribution in [-0.2, 0) is 4.79 Å². The molecule has 0 aliphatic rings. The van der Waals surface area contributed by atoms with E-state index < -0.39 is 23.9 Å². The van der Waals surface area contributed by atoms with Gasteiger partial charge in [0.15, 0.2) is 0 Å². The summed E-state index contributed by atoms with van der Waals surface area (Å²) in [6, 6.07) is 0.172. The normalized spacial score (nSPS) is 11.8. The minimum Gasteiger partial charge on any atom is -0.480 e. The molecule has 1 aromatic rings. The van der Waals surface area contributed by atoms with Gasteiger partial charge in [-0.2, -0.15) is 11.8 Å². The van der Waals surface area contributed by atoms with Gasteiger partial charge in [0, 0.05) is 0 Å². The number of halogens is 3. The predicted molar refractivity (Wildman–Crippen MR) is 83.0 cm³/mol. The van der Waals surface area contributed by atoms with Crippen LogP contribution in [0, 0.1) is 5.82 Å². The number of carboxylic acids is 1. The molecule has 2 amide bonds. The van der Waals surface area contributed by atoms with Crippen molar-refractivity contribution in [3.63, 3.8) is 0 Å². The number of carbonyl (C=O) groups excluding carboxylic acids is 1. The van der Waals surface area contributed by atoms with Gasteiger partial charge in [0.05, 0.1) is 15.7 Å². The molecule has 0 aliphatic heterocycles. The van der Waals surface area contributed by atoms with Gasteiger partial charge in [-0.15, -0.1) is 0 Å². The van der Waals surface area contributed by atoms with E-state index in [0.29, 0.717) is 5.75 Å². The molecule has 21 heavy (non-hydrogen) atoms. The lowest BCUT2D eigenvalue weighted by molar-refractivity contribution is -0.139. The number of rotatable bonds is 6. The zero-order valence-electron chi connectivity index (χ0n) is 11.0. The summed E-state index contributed by atoms with van der Waals surface area (Å²) in [5, 5.41) is 13.5. The standard InChI is InChI=1S/C12H13Cl2FN2O3S/c1-21-3-2-9(11(18)19)16-12(20)17-10-7(13)4-6(15)5-8(10)14/h4-5,9H,2-3H2,1H3,(H,18,19)(H2,16,17,20)/t9-/m0/s1. The van der Waals surface area contributed by atoms with Crippen LogP contribution in [0.4, 0.5) is 14.9 Å². The Morgan fingerprint density at radius 3 is 2.43 bits per heavy atom. The van der Waals surface area contributed by atoms with E-state index in [1.165, 1.54) is 11.8 Å². The largest absolute Gasteiger partial charge is 0.480 e. The number of benzene rings is 1. The lowest BCUT2D eigenvalue weighted by atomic mass is 10.2. The van der Waals surface area contributed by atoms with Crippen LogP contribution in [-0.4, -0.2) is 35.2 Å². The number of hydrogen-bond donors (Lipinski definition) is 3.